The summed E-state index contributed by atoms with van der Waals surface area (Å²) in [5.74, 6) is 0.621. The first kappa shape index (κ1) is 24.3. The molecule has 0 bridgehead atoms. The number of rotatable bonds is 9. The van der Waals surface area contributed by atoms with Crippen molar-refractivity contribution < 1.29 is 38.0 Å². The van der Waals surface area contributed by atoms with Gasteiger partial charge in [0, 0.05) is 11.0 Å². The molecule has 0 aliphatic carbocycles. The molecule has 0 saturated heterocycles. The second-order valence-corrected chi connectivity index (χ2v) is 8.59. The Bertz CT molecular complexity index is 1270. The molecule has 1 N–H and O–H groups in total. The van der Waals surface area contributed by atoms with Crippen LogP contribution in [0.1, 0.15) is 29.4 Å². The molecule has 0 unspecified atom stereocenters. The van der Waals surface area contributed by atoms with Crippen molar-refractivity contribution in [3.05, 3.63) is 69.8 Å². The van der Waals surface area contributed by atoms with Crippen LogP contribution in [0, 0.1) is 0 Å². The van der Waals surface area contributed by atoms with Crippen molar-refractivity contribution in [2.24, 2.45) is 0 Å². The molecule has 184 valence electrons. The number of ether oxygens (including phenoxy) is 5. The van der Waals surface area contributed by atoms with E-state index in [1.165, 1.54) is 32.0 Å². The van der Waals surface area contributed by atoms with E-state index in [0.29, 0.717) is 34.3 Å². The number of carbonyl (C=O) groups is 1. The fourth-order valence-corrected chi connectivity index (χ4v) is 4.43. The number of thioether (sulfide) groups is 1. The first-order valence-corrected chi connectivity index (χ1v) is 11.6. The number of benzene rings is 2. The molecule has 1 aromatic heterocycles. The molecule has 1 atom stereocenters. The first-order valence-electron chi connectivity index (χ1n) is 10.6. The van der Waals surface area contributed by atoms with Crippen LogP contribution in [0.3, 0.4) is 0 Å². The molecule has 3 aromatic rings. The molecule has 0 radical (unpaired) electrons. The predicted molar refractivity (Wildman–Crippen MR) is 127 cm³/mol. The number of hydrogen-bond donors (Lipinski definition) is 1. The lowest BCUT2D eigenvalue weighted by Gasteiger charge is -2.19. The molecule has 35 heavy (non-hydrogen) atoms. The van der Waals surface area contributed by atoms with E-state index >= 15 is 0 Å². The van der Waals surface area contributed by atoms with Crippen molar-refractivity contribution in [3.8, 4) is 28.7 Å². The molecule has 2 heterocycles. The minimum Gasteiger partial charge on any atom is -0.502 e. The van der Waals surface area contributed by atoms with Crippen LogP contribution in [-0.2, 0) is 15.3 Å². The van der Waals surface area contributed by atoms with Gasteiger partial charge in [0.25, 0.3) is 0 Å². The second-order valence-electron chi connectivity index (χ2n) is 7.54. The van der Waals surface area contributed by atoms with Gasteiger partial charge in [-0.05, 0) is 42.0 Å². The Labute approximate surface area is 205 Å². The lowest BCUT2D eigenvalue weighted by atomic mass is 9.91. The summed E-state index contributed by atoms with van der Waals surface area (Å²) in [6.07, 6.45) is -0.190. The molecule has 0 spiro atoms. The minimum absolute atomic E-state index is 0.0230. The number of hydrogen-bond acceptors (Lipinski definition) is 10. The van der Waals surface area contributed by atoms with Crippen LogP contribution < -0.4 is 24.4 Å². The number of esters is 1. The largest absolute Gasteiger partial charge is 0.502 e. The predicted octanol–water partition coefficient (Wildman–Crippen LogP) is 4.08. The number of methoxy groups -OCH3 is 3. The van der Waals surface area contributed by atoms with Gasteiger partial charge in [-0.25, -0.2) is 0 Å². The van der Waals surface area contributed by atoms with E-state index in [-0.39, 0.29) is 19.0 Å². The van der Waals surface area contributed by atoms with Crippen LogP contribution in [0.25, 0.3) is 0 Å². The van der Waals surface area contributed by atoms with Crippen LogP contribution in [-0.4, -0.2) is 39.2 Å². The van der Waals surface area contributed by atoms with Gasteiger partial charge < -0.3 is 33.2 Å². The van der Waals surface area contributed by atoms with Gasteiger partial charge in [-0.1, -0.05) is 0 Å². The molecule has 9 nitrogen and oxygen atoms in total. The average Bonchev–Trinajstić information content (AvgIpc) is 3.36. The van der Waals surface area contributed by atoms with Gasteiger partial charge in [-0.3, -0.25) is 9.59 Å². The van der Waals surface area contributed by atoms with Crippen molar-refractivity contribution in [2.75, 3.05) is 28.1 Å². The lowest BCUT2D eigenvalue weighted by Crippen LogP contribution is -2.14. The molecule has 1 aliphatic heterocycles. The van der Waals surface area contributed by atoms with Crippen molar-refractivity contribution in [1.29, 1.82) is 0 Å². The van der Waals surface area contributed by atoms with Crippen molar-refractivity contribution in [1.82, 2.24) is 0 Å². The molecule has 2 aromatic carbocycles. The Morgan fingerprint density at radius 2 is 1.86 bits per heavy atom. The summed E-state index contributed by atoms with van der Waals surface area (Å²) in [6, 6.07) is 12.0. The summed E-state index contributed by atoms with van der Waals surface area (Å²) >= 11 is 1.45. The maximum Gasteiger partial charge on any atom is 0.306 e. The minimum atomic E-state index is -0.843. The van der Waals surface area contributed by atoms with Gasteiger partial charge in [0.1, 0.15) is 11.5 Å². The number of aromatic hydroxyl groups is 1. The topological polar surface area (TPSA) is 114 Å². The molecule has 0 saturated carbocycles. The van der Waals surface area contributed by atoms with Gasteiger partial charge in [0.05, 0.1) is 39.4 Å². The molecule has 1 aliphatic rings. The summed E-state index contributed by atoms with van der Waals surface area (Å²) < 4.78 is 32.4. The summed E-state index contributed by atoms with van der Waals surface area (Å²) in [6.45, 7) is 0.0230. The highest BCUT2D eigenvalue weighted by Crippen LogP contribution is 2.45. The standard InChI is InChI=1S/C25H24O9S/c1-29-15-4-6-17(7-5-15)35-12-16-10-19(26)23(28)24(34-16)18(11-22(27)31-3)14-8-20(30-2)25-21(9-14)32-13-33-25/h4-10,18,28H,11-13H2,1-3H3/t18-/m0/s1. The SMILES string of the molecule is COC(=O)C[C@@H](c1cc(OC)c2c(c1)OCO2)c1oc(CSc2ccc(OC)cc2)cc(=O)c1O. The van der Waals surface area contributed by atoms with Gasteiger partial charge in [0.2, 0.25) is 23.7 Å². The summed E-state index contributed by atoms with van der Waals surface area (Å²) in [5, 5.41) is 10.6. The summed E-state index contributed by atoms with van der Waals surface area (Å²) in [5.41, 5.74) is -0.0888. The molecular weight excluding hydrogens is 476 g/mol. The third kappa shape index (κ3) is 5.32. The Morgan fingerprint density at radius 3 is 2.54 bits per heavy atom. The van der Waals surface area contributed by atoms with Crippen LogP contribution in [0.5, 0.6) is 28.7 Å². The Kier molecular flexibility index (Phi) is 7.40. The van der Waals surface area contributed by atoms with Crippen LogP contribution in [0.4, 0.5) is 0 Å². The fraction of sp³-hybridized carbons (Fsp3) is 0.280. The molecule has 0 fully saturated rings. The van der Waals surface area contributed by atoms with Gasteiger partial charge in [-0.15, -0.1) is 11.8 Å². The van der Waals surface area contributed by atoms with Gasteiger partial charge in [-0.2, -0.15) is 0 Å². The zero-order valence-corrected chi connectivity index (χ0v) is 20.2. The third-order valence-electron chi connectivity index (χ3n) is 5.44. The van der Waals surface area contributed by atoms with E-state index < -0.39 is 23.1 Å². The van der Waals surface area contributed by atoms with E-state index in [9.17, 15) is 14.7 Å². The van der Waals surface area contributed by atoms with Crippen LogP contribution in [0.2, 0.25) is 0 Å². The molecular formula is C25H24O9S. The van der Waals surface area contributed by atoms with Gasteiger partial charge in [0.15, 0.2) is 17.3 Å². The average molecular weight is 501 g/mol. The van der Waals surface area contributed by atoms with Crippen molar-refractivity contribution in [3.63, 3.8) is 0 Å². The van der Waals surface area contributed by atoms with E-state index in [0.717, 1.165) is 10.6 Å². The first-order chi connectivity index (χ1) is 16.9. The number of fused-ring (bicyclic) bond motifs is 1. The quantitative estimate of drug-likeness (QED) is 0.341. The monoisotopic (exact) mass is 500 g/mol. The zero-order valence-electron chi connectivity index (χ0n) is 19.4. The highest BCUT2D eigenvalue weighted by Gasteiger charge is 2.30. The maximum absolute atomic E-state index is 12.6. The van der Waals surface area contributed by atoms with Crippen molar-refractivity contribution in [2.45, 2.75) is 23.0 Å². The third-order valence-corrected chi connectivity index (χ3v) is 6.47. The number of carbonyl (C=O) groups excluding carboxylic acids is 1. The second kappa shape index (κ2) is 10.6. The Balaban J connectivity index is 1.71. The Morgan fingerprint density at radius 1 is 1.09 bits per heavy atom. The van der Waals surface area contributed by atoms with Gasteiger partial charge >= 0.3 is 5.97 Å². The maximum atomic E-state index is 12.6. The van der Waals surface area contributed by atoms with E-state index in [4.69, 9.17) is 28.1 Å². The zero-order chi connectivity index (χ0) is 24.9. The lowest BCUT2D eigenvalue weighted by molar-refractivity contribution is -0.140. The van der Waals surface area contributed by atoms with Crippen LogP contribution >= 0.6 is 11.8 Å². The summed E-state index contributed by atoms with van der Waals surface area (Å²) in [4.78, 5) is 25.9. The fourth-order valence-electron chi connectivity index (χ4n) is 3.65. The Hall–Kier alpha value is -3.79. The smallest absolute Gasteiger partial charge is 0.306 e. The van der Waals surface area contributed by atoms with Crippen LogP contribution in [0.15, 0.2) is 56.6 Å². The highest BCUT2D eigenvalue weighted by atomic mass is 32.2. The van der Waals surface area contributed by atoms with E-state index in [1.54, 1.807) is 19.2 Å². The molecule has 10 heteroatoms. The summed E-state index contributed by atoms with van der Waals surface area (Å²) in [7, 11) is 4.33. The molecule has 0 amide bonds. The normalized spacial score (nSPS) is 12.8. The highest BCUT2D eigenvalue weighted by molar-refractivity contribution is 7.98. The van der Waals surface area contributed by atoms with E-state index in [2.05, 4.69) is 0 Å². The van der Waals surface area contributed by atoms with Crippen molar-refractivity contribution >= 4 is 17.7 Å². The molecule has 4 rings (SSSR count). The van der Waals surface area contributed by atoms with E-state index in [1.807, 2.05) is 24.3 Å².